The Hall–Kier alpha value is -1.82. The average molecular weight is 347 g/mol. The molecule has 1 atom stereocenters. The molecule has 0 aromatic carbocycles. The molecule has 3 rings (SSSR count). The molecule has 1 aliphatic carbocycles. The van der Waals surface area contributed by atoms with Crippen LogP contribution in [0.1, 0.15) is 54.5 Å². The van der Waals surface area contributed by atoms with Gasteiger partial charge in [-0.1, -0.05) is 30.5 Å². The minimum Gasteiger partial charge on any atom is -0.359 e. The summed E-state index contributed by atoms with van der Waals surface area (Å²) in [6.07, 6.45) is 6.21. The highest BCUT2D eigenvalue weighted by molar-refractivity contribution is 7.10. The van der Waals surface area contributed by atoms with Gasteiger partial charge in [0.25, 0.3) is 0 Å². The molecule has 1 unspecified atom stereocenters. The summed E-state index contributed by atoms with van der Waals surface area (Å²) in [7, 11) is 1.79. The Kier molecular flexibility index (Phi) is 5.56. The van der Waals surface area contributed by atoms with E-state index in [9.17, 15) is 4.79 Å². The lowest BCUT2D eigenvalue weighted by Crippen LogP contribution is -2.41. The van der Waals surface area contributed by atoms with E-state index in [4.69, 9.17) is 4.52 Å². The normalized spacial score (nSPS) is 16.8. The third kappa shape index (κ3) is 4.17. The van der Waals surface area contributed by atoms with Gasteiger partial charge < -0.3 is 14.7 Å². The molecule has 0 radical (unpaired) electrons. The SMILES string of the molecule is Cc1cc(CN(C)C(=O)NC(c2cccs2)C2CCCCC2)on1. The van der Waals surface area contributed by atoms with E-state index in [0.29, 0.717) is 18.2 Å². The minimum absolute atomic E-state index is 0.0620. The van der Waals surface area contributed by atoms with Crippen LogP contribution < -0.4 is 5.32 Å². The van der Waals surface area contributed by atoms with Gasteiger partial charge in [0, 0.05) is 18.0 Å². The van der Waals surface area contributed by atoms with Crippen LogP contribution in [-0.4, -0.2) is 23.1 Å². The van der Waals surface area contributed by atoms with E-state index in [1.807, 2.05) is 13.0 Å². The van der Waals surface area contributed by atoms with Gasteiger partial charge >= 0.3 is 6.03 Å². The van der Waals surface area contributed by atoms with Crippen LogP contribution in [0.4, 0.5) is 4.79 Å². The van der Waals surface area contributed by atoms with Gasteiger partial charge in [0.15, 0.2) is 5.76 Å². The summed E-state index contributed by atoms with van der Waals surface area (Å²) in [6.45, 7) is 2.30. The van der Waals surface area contributed by atoms with Gasteiger partial charge in [-0.15, -0.1) is 11.3 Å². The summed E-state index contributed by atoms with van der Waals surface area (Å²) < 4.78 is 5.21. The molecule has 0 aliphatic heterocycles. The molecule has 24 heavy (non-hydrogen) atoms. The highest BCUT2D eigenvalue weighted by Gasteiger charge is 2.28. The van der Waals surface area contributed by atoms with E-state index in [1.54, 1.807) is 23.3 Å². The number of hydrogen-bond donors (Lipinski definition) is 1. The second kappa shape index (κ2) is 7.83. The topological polar surface area (TPSA) is 58.4 Å². The molecule has 1 fully saturated rings. The lowest BCUT2D eigenvalue weighted by Gasteiger charge is -2.31. The largest absolute Gasteiger partial charge is 0.359 e. The van der Waals surface area contributed by atoms with Crippen LogP contribution >= 0.6 is 11.3 Å². The van der Waals surface area contributed by atoms with E-state index in [0.717, 1.165) is 5.69 Å². The van der Waals surface area contributed by atoms with Crippen molar-refractivity contribution in [1.29, 1.82) is 0 Å². The second-order valence-corrected chi connectivity index (χ2v) is 7.61. The summed E-state index contributed by atoms with van der Waals surface area (Å²) >= 11 is 1.72. The van der Waals surface area contributed by atoms with Crippen LogP contribution in [0.15, 0.2) is 28.1 Å². The Morgan fingerprint density at radius 2 is 2.25 bits per heavy atom. The standard InChI is InChI=1S/C18H25N3O2S/c1-13-11-15(23-20-13)12-21(2)18(22)19-17(16-9-6-10-24-16)14-7-4-3-5-8-14/h6,9-11,14,17H,3-5,7-8,12H2,1-2H3,(H,19,22). The molecule has 2 aromatic rings. The first-order valence-corrected chi connectivity index (χ1v) is 9.48. The molecule has 130 valence electrons. The quantitative estimate of drug-likeness (QED) is 0.866. The van der Waals surface area contributed by atoms with E-state index in [1.165, 1.54) is 37.0 Å². The minimum atomic E-state index is -0.0620. The molecule has 1 saturated carbocycles. The number of aromatic nitrogens is 1. The molecule has 0 bridgehead atoms. The Balaban J connectivity index is 1.66. The van der Waals surface area contributed by atoms with Gasteiger partial charge in [-0.2, -0.15) is 0 Å². The smallest absolute Gasteiger partial charge is 0.318 e. The number of thiophene rings is 1. The Morgan fingerprint density at radius 3 is 2.88 bits per heavy atom. The molecule has 1 N–H and O–H groups in total. The van der Waals surface area contributed by atoms with Crippen molar-refractivity contribution >= 4 is 17.4 Å². The summed E-state index contributed by atoms with van der Waals surface area (Å²) in [4.78, 5) is 15.6. The number of nitrogens with zero attached hydrogens (tertiary/aromatic N) is 2. The van der Waals surface area contributed by atoms with Gasteiger partial charge in [-0.3, -0.25) is 0 Å². The number of amides is 2. The molecule has 0 saturated heterocycles. The number of urea groups is 1. The van der Waals surface area contributed by atoms with Crippen molar-refractivity contribution in [1.82, 2.24) is 15.4 Å². The van der Waals surface area contributed by atoms with Gasteiger partial charge in [0.05, 0.1) is 18.3 Å². The van der Waals surface area contributed by atoms with E-state index < -0.39 is 0 Å². The maximum Gasteiger partial charge on any atom is 0.318 e. The fourth-order valence-electron chi connectivity index (χ4n) is 3.40. The third-order valence-corrected chi connectivity index (χ3v) is 5.62. The van der Waals surface area contributed by atoms with Crippen molar-refractivity contribution in [3.63, 3.8) is 0 Å². The average Bonchev–Trinajstić information content (AvgIpc) is 3.25. The summed E-state index contributed by atoms with van der Waals surface area (Å²) in [5.41, 5.74) is 0.831. The maximum atomic E-state index is 12.7. The zero-order valence-corrected chi connectivity index (χ0v) is 15.1. The number of carbonyl (C=O) groups is 1. The van der Waals surface area contributed by atoms with Gasteiger partial charge in [0.1, 0.15) is 0 Å². The lowest BCUT2D eigenvalue weighted by molar-refractivity contribution is 0.186. The van der Waals surface area contributed by atoms with Gasteiger partial charge in [-0.25, -0.2) is 4.79 Å². The summed E-state index contributed by atoms with van der Waals surface area (Å²) in [5, 5.41) is 9.21. The zero-order valence-electron chi connectivity index (χ0n) is 14.3. The monoisotopic (exact) mass is 347 g/mol. The highest BCUT2D eigenvalue weighted by atomic mass is 32.1. The van der Waals surface area contributed by atoms with E-state index in [-0.39, 0.29) is 12.1 Å². The molecule has 2 amide bonds. The first-order valence-electron chi connectivity index (χ1n) is 8.60. The molecule has 1 aliphatic rings. The van der Waals surface area contributed by atoms with Crippen molar-refractivity contribution in [3.8, 4) is 0 Å². The highest BCUT2D eigenvalue weighted by Crippen LogP contribution is 2.36. The predicted molar refractivity (Wildman–Crippen MR) is 94.9 cm³/mol. The molecule has 6 heteroatoms. The van der Waals surface area contributed by atoms with E-state index >= 15 is 0 Å². The fourth-order valence-corrected chi connectivity index (χ4v) is 4.27. The predicted octanol–water partition coefficient (Wildman–Crippen LogP) is 4.51. The first-order chi connectivity index (χ1) is 11.6. The number of carbonyl (C=O) groups excluding carboxylic acids is 1. The molecular formula is C18H25N3O2S. The van der Waals surface area contributed by atoms with Crippen LogP contribution in [0.3, 0.4) is 0 Å². The van der Waals surface area contributed by atoms with Crippen molar-refractivity contribution < 1.29 is 9.32 Å². The van der Waals surface area contributed by atoms with Crippen LogP contribution in [0, 0.1) is 12.8 Å². The summed E-state index contributed by atoms with van der Waals surface area (Å²) in [6, 6.07) is 6.10. The van der Waals surface area contributed by atoms with Crippen LogP contribution in [-0.2, 0) is 6.54 Å². The Morgan fingerprint density at radius 1 is 1.46 bits per heavy atom. The summed E-state index contributed by atoms with van der Waals surface area (Å²) in [5.74, 6) is 1.23. The van der Waals surface area contributed by atoms with Gasteiger partial charge in [0.2, 0.25) is 0 Å². The molecule has 0 spiro atoms. The fraction of sp³-hybridized carbons (Fsp3) is 0.556. The maximum absolute atomic E-state index is 12.7. The number of aryl methyl sites for hydroxylation is 1. The van der Waals surface area contributed by atoms with Crippen molar-refractivity contribution in [2.45, 2.75) is 51.6 Å². The number of nitrogens with one attached hydrogen (secondary N) is 1. The molecule has 2 aromatic heterocycles. The van der Waals surface area contributed by atoms with Crippen molar-refractivity contribution in [2.75, 3.05) is 7.05 Å². The molecule has 2 heterocycles. The Bertz CT molecular complexity index is 647. The third-order valence-electron chi connectivity index (χ3n) is 4.67. The van der Waals surface area contributed by atoms with Crippen LogP contribution in [0.25, 0.3) is 0 Å². The second-order valence-electron chi connectivity index (χ2n) is 6.63. The Labute approximate surface area is 147 Å². The van der Waals surface area contributed by atoms with Gasteiger partial charge in [-0.05, 0) is 37.1 Å². The first kappa shape index (κ1) is 17.0. The lowest BCUT2D eigenvalue weighted by atomic mass is 9.83. The number of hydrogen-bond acceptors (Lipinski definition) is 4. The molecule has 5 nitrogen and oxygen atoms in total. The van der Waals surface area contributed by atoms with Crippen LogP contribution in [0.2, 0.25) is 0 Å². The van der Waals surface area contributed by atoms with Crippen LogP contribution in [0.5, 0.6) is 0 Å². The van der Waals surface area contributed by atoms with E-state index in [2.05, 4.69) is 28.0 Å². The number of rotatable bonds is 5. The zero-order chi connectivity index (χ0) is 16.9. The molecular weight excluding hydrogens is 322 g/mol. The van der Waals surface area contributed by atoms with Crippen molar-refractivity contribution in [2.24, 2.45) is 5.92 Å². The van der Waals surface area contributed by atoms with Crippen molar-refractivity contribution in [3.05, 3.63) is 39.9 Å².